The zero-order chi connectivity index (χ0) is 17.6. The van der Waals surface area contributed by atoms with Gasteiger partial charge in [-0.3, -0.25) is 9.69 Å². The van der Waals surface area contributed by atoms with Crippen molar-refractivity contribution in [3.63, 3.8) is 0 Å². The van der Waals surface area contributed by atoms with Crippen molar-refractivity contribution < 1.29 is 4.79 Å². The predicted molar refractivity (Wildman–Crippen MR) is 105 cm³/mol. The van der Waals surface area contributed by atoms with E-state index < -0.39 is 0 Å². The van der Waals surface area contributed by atoms with Gasteiger partial charge in [0.15, 0.2) is 0 Å². The van der Waals surface area contributed by atoms with Crippen LogP contribution < -0.4 is 4.90 Å². The van der Waals surface area contributed by atoms with E-state index in [0.717, 1.165) is 31.1 Å². The molecule has 3 heteroatoms. The van der Waals surface area contributed by atoms with Crippen LogP contribution in [0.1, 0.15) is 64.4 Å². The highest BCUT2D eigenvalue weighted by Gasteiger charge is 2.26. The monoisotopic (exact) mass is 342 g/mol. The highest BCUT2D eigenvalue weighted by molar-refractivity contribution is 5.95. The van der Waals surface area contributed by atoms with E-state index >= 15 is 0 Å². The fourth-order valence-corrected chi connectivity index (χ4v) is 3.85. The maximum atomic E-state index is 12.9. The summed E-state index contributed by atoms with van der Waals surface area (Å²) in [7, 11) is 0. The van der Waals surface area contributed by atoms with Crippen LogP contribution in [0.25, 0.3) is 0 Å². The summed E-state index contributed by atoms with van der Waals surface area (Å²) in [4.78, 5) is 17.6. The van der Waals surface area contributed by atoms with Gasteiger partial charge in [0.05, 0.1) is 0 Å². The van der Waals surface area contributed by atoms with Gasteiger partial charge in [-0.1, -0.05) is 51.3 Å². The number of anilines is 1. The normalized spacial score (nSPS) is 20.7. The number of rotatable bonds is 3. The van der Waals surface area contributed by atoms with E-state index in [0.29, 0.717) is 0 Å². The second-order valence-corrected chi connectivity index (χ2v) is 8.22. The largest absolute Gasteiger partial charge is 0.312 e. The quantitative estimate of drug-likeness (QED) is 0.784. The summed E-state index contributed by atoms with van der Waals surface area (Å²) in [6, 6.07) is 8.58. The van der Waals surface area contributed by atoms with Crippen molar-refractivity contribution in [1.82, 2.24) is 4.90 Å². The van der Waals surface area contributed by atoms with E-state index in [1.165, 1.54) is 57.2 Å². The average Bonchev–Trinajstić information content (AvgIpc) is 3.40. The van der Waals surface area contributed by atoms with Crippen LogP contribution in [0.4, 0.5) is 5.69 Å². The SMILES string of the molecule is CC(C)C(=O)N1CCCCCCCN(CC2CC2)Cc2ccccc21. The van der Waals surface area contributed by atoms with Crippen LogP contribution in [0.15, 0.2) is 24.3 Å². The fourth-order valence-electron chi connectivity index (χ4n) is 3.85. The molecule has 1 heterocycles. The molecular weight excluding hydrogens is 308 g/mol. The maximum Gasteiger partial charge on any atom is 0.229 e. The lowest BCUT2D eigenvalue weighted by Gasteiger charge is -2.30. The van der Waals surface area contributed by atoms with Gasteiger partial charge in [-0.15, -0.1) is 0 Å². The minimum Gasteiger partial charge on any atom is -0.312 e. The average molecular weight is 343 g/mol. The summed E-state index contributed by atoms with van der Waals surface area (Å²) < 4.78 is 0. The van der Waals surface area contributed by atoms with E-state index in [1.807, 2.05) is 13.8 Å². The van der Waals surface area contributed by atoms with Crippen LogP contribution in [0.3, 0.4) is 0 Å². The molecule has 1 aromatic rings. The van der Waals surface area contributed by atoms with Crippen LogP contribution >= 0.6 is 0 Å². The first-order valence-electron chi connectivity index (χ1n) is 10.3. The Hall–Kier alpha value is -1.35. The highest BCUT2D eigenvalue weighted by Crippen LogP contribution is 2.32. The number of carbonyl (C=O) groups excluding carboxylic acids is 1. The molecule has 138 valence electrons. The Labute approximate surface area is 153 Å². The number of benzene rings is 1. The van der Waals surface area contributed by atoms with Crippen molar-refractivity contribution in [1.29, 1.82) is 0 Å². The molecule has 0 N–H and O–H groups in total. The summed E-state index contributed by atoms with van der Waals surface area (Å²) in [6.07, 6.45) is 9.06. The summed E-state index contributed by atoms with van der Waals surface area (Å²) >= 11 is 0. The van der Waals surface area contributed by atoms with Crippen molar-refractivity contribution >= 4 is 11.6 Å². The Morgan fingerprint density at radius 2 is 1.72 bits per heavy atom. The van der Waals surface area contributed by atoms with E-state index in [9.17, 15) is 4.79 Å². The fraction of sp³-hybridized carbons (Fsp3) is 0.682. The van der Waals surface area contributed by atoms with Gasteiger partial charge in [0.1, 0.15) is 0 Å². The Morgan fingerprint density at radius 1 is 1.04 bits per heavy atom. The molecule has 0 unspecified atom stereocenters. The number of hydrogen-bond acceptors (Lipinski definition) is 2. The Morgan fingerprint density at radius 3 is 2.44 bits per heavy atom. The second-order valence-electron chi connectivity index (χ2n) is 8.22. The molecule has 0 atom stereocenters. The standard InChI is InChI=1S/C22H34N2O/c1-18(2)22(25)24-15-9-5-3-4-8-14-23(16-19-12-13-19)17-20-10-6-7-11-21(20)24/h6-7,10-11,18-19H,3-5,8-9,12-17H2,1-2H3. The summed E-state index contributed by atoms with van der Waals surface area (Å²) in [6.45, 7) is 8.29. The van der Waals surface area contributed by atoms with Gasteiger partial charge < -0.3 is 4.90 Å². The van der Waals surface area contributed by atoms with Gasteiger partial charge in [-0.25, -0.2) is 0 Å². The third-order valence-electron chi connectivity index (χ3n) is 5.51. The van der Waals surface area contributed by atoms with Gasteiger partial charge in [0, 0.05) is 31.2 Å². The minimum atomic E-state index is 0.0449. The lowest BCUT2D eigenvalue weighted by Crippen LogP contribution is -2.37. The number of para-hydroxylation sites is 1. The van der Waals surface area contributed by atoms with E-state index in [4.69, 9.17) is 0 Å². The highest BCUT2D eigenvalue weighted by atomic mass is 16.2. The van der Waals surface area contributed by atoms with Crippen molar-refractivity contribution in [2.24, 2.45) is 11.8 Å². The van der Waals surface area contributed by atoms with E-state index in [-0.39, 0.29) is 11.8 Å². The third kappa shape index (κ3) is 5.31. The molecule has 0 radical (unpaired) electrons. The Bertz CT molecular complexity index is 565. The number of nitrogens with zero attached hydrogens (tertiary/aromatic N) is 2. The molecule has 0 saturated heterocycles. The summed E-state index contributed by atoms with van der Waals surface area (Å²) in [5, 5.41) is 0. The molecule has 1 aromatic carbocycles. The van der Waals surface area contributed by atoms with E-state index in [2.05, 4.69) is 34.1 Å². The molecule has 2 aliphatic rings. The maximum absolute atomic E-state index is 12.9. The lowest BCUT2D eigenvalue weighted by atomic mass is 10.1. The third-order valence-corrected chi connectivity index (χ3v) is 5.51. The first-order chi connectivity index (χ1) is 12.1. The molecule has 3 nitrogen and oxygen atoms in total. The summed E-state index contributed by atoms with van der Waals surface area (Å²) in [5.41, 5.74) is 2.46. The minimum absolute atomic E-state index is 0.0449. The molecule has 0 spiro atoms. The molecule has 0 aromatic heterocycles. The molecule has 0 bridgehead atoms. The van der Waals surface area contributed by atoms with Crippen LogP contribution in [-0.4, -0.2) is 30.4 Å². The molecule has 1 aliphatic carbocycles. The Kier molecular flexibility index (Phi) is 6.52. The van der Waals surface area contributed by atoms with Gasteiger partial charge in [0.2, 0.25) is 5.91 Å². The molecule has 25 heavy (non-hydrogen) atoms. The van der Waals surface area contributed by atoms with Crippen molar-refractivity contribution in [3.8, 4) is 0 Å². The van der Waals surface area contributed by atoms with Crippen LogP contribution in [-0.2, 0) is 11.3 Å². The van der Waals surface area contributed by atoms with Crippen LogP contribution in [0, 0.1) is 11.8 Å². The smallest absolute Gasteiger partial charge is 0.229 e. The van der Waals surface area contributed by atoms with E-state index in [1.54, 1.807) is 0 Å². The van der Waals surface area contributed by atoms with Gasteiger partial charge in [-0.05, 0) is 49.8 Å². The molecular formula is C22H34N2O. The second kappa shape index (κ2) is 8.84. The molecule has 1 amide bonds. The predicted octanol–water partition coefficient (Wildman–Crippen LogP) is 4.85. The zero-order valence-electron chi connectivity index (χ0n) is 16.0. The zero-order valence-corrected chi connectivity index (χ0v) is 16.0. The van der Waals surface area contributed by atoms with Gasteiger partial charge >= 0.3 is 0 Å². The number of hydrogen-bond donors (Lipinski definition) is 0. The van der Waals surface area contributed by atoms with Crippen molar-refractivity contribution in [2.45, 2.75) is 65.3 Å². The van der Waals surface area contributed by atoms with Crippen molar-refractivity contribution in [2.75, 3.05) is 24.5 Å². The molecule has 3 rings (SSSR count). The summed E-state index contributed by atoms with van der Waals surface area (Å²) in [5.74, 6) is 1.22. The number of amides is 1. The van der Waals surface area contributed by atoms with Crippen LogP contribution in [0.2, 0.25) is 0 Å². The molecule has 1 aliphatic heterocycles. The Balaban J connectivity index is 1.86. The van der Waals surface area contributed by atoms with Crippen molar-refractivity contribution in [3.05, 3.63) is 29.8 Å². The number of fused-ring (bicyclic) bond motifs is 1. The molecule has 1 saturated carbocycles. The number of carbonyl (C=O) groups is 1. The first-order valence-corrected chi connectivity index (χ1v) is 10.3. The topological polar surface area (TPSA) is 23.6 Å². The molecule has 1 fully saturated rings. The first kappa shape index (κ1) is 18.4. The van der Waals surface area contributed by atoms with Gasteiger partial charge in [0.25, 0.3) is 0 Å². The van der Waals surface area contributed by atoms with Crippen LogP contribution in [0.5, 0.6) is 0 Å². The van der Waals surface area contributed by atoms with Gasteiger partial charge in [-0.2, -0.15) is 0 Å². The lowest BCUT2D eigenvalue weighted by molar-refractivity contribution is -0.121.